The average Bonchev–Trinajstić information content (AvgIpc) is 2.85. The molecule has 6 nitrogen and oxygen atoms in total. The highest BCUT2D eigenvalue weighted by Crippen LogP contribution is 2.24. The molecule has 174 valence electrons. The van der Waals surface area contributed by atoms with Crippen LogP contribution in [-0.2, 0) is 4.79 Å². The molecule has 1 heterocycles. The molecule has 1 unspecified atom stereocenters. The lowest BCUT2D eigenvalue weighted by Gasteiger charge is -2.29. The summed E-state index contributed by atoms with van der Waals surface area (Å²) >= 11 is 0. The minimum atomic E-state index is -0.448. The Labute approximate surface area is 199 Å². The van der Waals surface area contributed by atoms with E-state index < -0.39 is 6.04 Å². The number of benzene rings is 3. The van der Waals surface area contributed by atoms with Crippen molar-refractivity contribution in [3.8, 4) is 11.4 Å². The van der Waals surface area contributed by atoms with Crippen molar-refractivity contribution in [1.29, 1.82) is 0 Å². The van der Waals surface area contributed by atoms with Crippen LogP contribution in [-0.4, -0.2) is 33.5 Å². The van der Waals surface area contributed by atoms with Crippen molar-refractivity contribution in [2.45, 2.75) is 33.7 Å². The van der Waals surface area contributed by atoms with Crippen molar-refractivity contribution >= 4 is 16.8 Å². The predicted molar refractivity (Wildman–Crippen MR) is 135 cm³/mol. The zero-order valence-electron chi connectivity index (χ0n) is 20.0. The normalized spacial score (nSPS) is 11.9. The molecule has 3 aromatic carbocycles. The van der Waals surface area contributed by atoms with Gasteiger partial charge < -0.3 is 9.64 Å². The van der Waals surface area contributed by atoms with Gasteiger partial charge in [0.05, 0.1) is 22.6 Å². The van der Waals surface area contributed by atoms with E-state index in [9.17, 15) is 9.59 Å². The lowest BCUT2D eigenvalue weighted by Crippen LogP contribution is -2.39. The first-order chi connectivity index (χ1) is 16.4. The number of nitrogens with zero attached hydrogens (tertiary/aromatic N) is 3. The maximum absolute atomic E-state index is 13.6. The molecule has 1 aromatic heterocycles. The second-order valence-electron chi connectivity index (χ2n) is 8.35. The fourth-order valence-corrected chi connectivity index (χ4v) is 4.09. The third-order valence-electron chi connectivity index (χ3n) is 6.16. The van der Waals surface area contributed by atoms with Crippen LogP contribution in [0.15, 0.2) is 77.6 Å². The monoisotopic (exact) mass is 455 g/mol. The van der Waals surface area contributed by atoms with Crippen LogP contribution in [0, 0.1) is 13.8 Å². The third-order valence-corrected chi connectivity index (χ3v) is 6.16. The highest BCUT2D eigenvalue weighted by Gasteiger charge is 2.26. The molecule has 0 radical (unpaired) electrons. The number of hydrogen-bond donors (Lipinski definition) is 0. The Kier molecular flexibility index (Phi) is 6.77. The molecule has 4 aromatic rings. The van der Waals surface area contributed by atoms with Gasteiger partial charge in [-0.05, 0) is 75.2 Å². The molecule has 1 atom stereocenters. The summed E-state index contributed by atoms with van der Waals surface area (Å²) in [6, 6.07) is 22.0. The van der Waals surface area contributed by atoms with Crippen LogP contribution in [0.2, 0.25) is 0 Å². The largest absolute Gasteiger partial charge is 0.484 e. The summed E-state index contributed by atoms with van der Waals surface area (Å²) in [6.45, 7) is 8.23. The van der Waals surface area contributed by atoms with Crippen molar-refractivity contribution < 1.29 is 9.53 Å². The molecule has 0 fully saturated rings. The van der Waals surface area contributed by atoms with Gasteiger partial charge in [-0.3, -0.25) is 14.2 Å². The summed E-state index contributed by atoms with van der Waals surface area (Å²) in [4.78, 5) is 33.3. The maximum Gasteiger partial charge on any atom is 0.266 e. The molecule has 0 aliphatic carbocycles. The number of carbonyl (C=O) groups excluding carboxylic acids is 1. The second-order valence-corrected chi connectivity index (χ2v) is 8.35. The summed E-state index contributed by atoms with van der Waals surface area (Å²) in [7, 11) is 0. The molecule has 0 bridgehead atoms. The van der Waals surface area contributed by atoms with E-state index in [1.807, 2.05) is 94.4 Å². The number of para-hydroxylation sites is 2. The summed E-state index contributed by atoms with van der Waals surface area (Å²) < 4.78 is 7.33. The highest BCUT2D eigenvalue weighted by atomic mass is 16.5. The van der Waals surface area contributed by atoms with E-state index in [2.05, 4.69) is 0 Å². The topological polar surface area (TPSA) is 64.4 Å². The third kappa shape index (κ3) is 4.57. The molecular weight excluding hydrogens is 426 g/mol. The fraction of sp³-hybridized carbons (Fsp3) is 0.250. The zero-order valence-corrected chi connectivity index (χ0v) is 20.0. The lowest BCUT2D eigenvalue weighted by atomic mass is 10.1. The van der Waals surface area contributed by atoms with E-state index in [1.165, 1.54) is 0 Å². The fourth-order valence-electron chi connectivity index (χ4n) is 4.09. The summed E-state index contributed by atoms with van der Waals surface area (Å²) in [5, 5.41) is 0.540. The number of ether oxygens (including phenoxy) is 1. The van der Waals surface area contributed by atoms with Crippen molar-refractivity contribution in [3.05, 3.63) is 100 Å². The number of amides is 1. The van der Waals surface area contributed by atoms with E-state index in [0.717, 1.165) is 16.8 Å². The van der Waals surface area contributed by atoms with Crippen LogP contribution in [0.1, 0.15) is 36.8 Å². The summed E-state index contributed by atoms with van der Waals surface area (Å²) in [5.41, 5.74) is 3.41. The van der Waals surface area contributed by atoms with Gasteiger partial charge in [0.25, 0.3) is 11.5 Å². The number of carbonyl (C=O) groups is 1. The average molecular weight is 456 g/mol. The summed E-state index contributed by atoms with van der Waals surface area (Å²) in [6.07, 6.45) is 0. The second kappa shape index (κ2) is 9.91. The van der Waals surface area contributed by atoms with Gasteiger partial charge in [0.1, 0.15) is 11.6 Å². The lowest BCUT2D eigenvalue weighted by molar-refractivity contribution is -0.135. The van der Waals surface area contributed by atoms with E-state index in [1.54, 1.807) is 15.5 Å². The number of aromatic nitrogens is 2. The Morgan fingerprint density at radius 2 is 1.71 bits per heavy atom. The van der Waals surface area contributed by atoms with Gasteiger partial charge in [-0.1, -0.05) is 36.4 Å². The Morgan fingerprint density at radius 3 is 2.41 bits per heavy atom. The van der Waals surface area contributed by atoms with Crippen LogP contribution in [0.25, 0.3) is 16.6 Å². The van der Waals surface area contributed by atoms with Gasteiger partial charge in [-0.15, -0.1) is 0 Å². The Balaban J connectivity index is 1.77. The standard InChI is InChI=1S/C28H29N3O3/c1-5-30(26(32)18-34-23-11-7-6-8-12-23)21(4)27-29-25-14-10-9-13-24(25)28(33)31(27)22-16-15-19(2)20(3)17-22/h6-17,21H,5,18H2,1-4H3. The first kappa shape index (κ1) is 23.2. The molecule has 0 saturated heterocycles. The van der Waals surface area contributed by atoms with Gasteiger partial charge in [-0.25, -0.2) is 4.98 Å². The van der Waals surface area contributed by atoms with Crippen molar-refractivity contribution in [3.63, 3.8) is 0 Å². The minimum Gasteiger partial charge on any atom is -0.484 e. The number of aryl methyl sites for hydroxylation is 2. The van der Waals surface area contributed by atoms with Crippen LogP contribution in [0.5, 0.6) is 5.75 Å². The van der Waals surface area contributed by atoms with Gasteiger partial charge in [0, 0.05) is 6.54 Å². The molecule has 0 aliphatic heterocycles. The van der Waals surface area contributed by atoms with Crippen LogP contribution >= 0.6 is 0 Å². The number of rotatable bonds is 7. The van der Waals surface area contributed by atoms with Gasteiger partial charge in [0.15, 0.2) is 6.61 Å². The van der Waals surface area contributed by atoms with Gasteiger partial charge >= 0.3 is 0 Å². The van der Waals surface area contributed by atoms with Gasteiger partial charge in [-0.2, -0.15) is 0 Å². The maximum atomic E-state index is 13.6. The van der Waals surface area contributed by atoms with Crippen LogP contribution < -0.4 is 10.3 Å². The SMILES string of the molecule is CCN(C(=O)COc1ccccc1)C(C)c1nc2ccccc2c(=O)n1-c1ccc(C)c(C)c1. The Hall–Kier alpha value is -3.93. The molecule has 34 heavy (non-hydrogen) atoms. The zero-order chi connectivity index (χ0) is 24.2. The molecular formula is C28H29N3O3. The first-order valence-corrected chi connectivity index (χ1v) is 11.5. The van der Waals surface area contributed by atoms with Crippen molar-refractivity contribution in [1.82, 2.24) is 14.5 Å². The molecule has 4 rings (SSSR count). The smallest absolute Gasteiger partial charge is 0.266 e. The minimum absolute atomic E-state index is 0.0936. The van der Waals surface area contributed by atoms with E-state index in [4.69, 9.17) is 9.72 Å². The summed E-state index contributed by atoms with van der Waals surface area (Å²) in [5.74, 6) is 0.977. The van der Waals surface area contributed by atoms with Crippen LogP contribution in [0.3, 0.4) is 0 Å². The van der Waals surface area contributed by atoms with Crippen molar-refractivity contribution in [2.24, 2.45) is 0 Å². The number of hydrogen-bond acceptors (Lipinski definition) is 4. The van der Waals surface area contributed by atoms with Gasteiger partial charge in [0.2, 0.25) is 0 Å². The number of fused-ring (bicyclic) bond motifs is 1. The number of likely N-dealkylation sites (N-methyl/N-ethyl adjacent to an activating group) is 1. The molecule has 1 amide bonds. The molecule has 0 spiro atoms. The Morgan fingerprint density at radius 1 is 1.00 bits per heavy atom. The molecule has 0 N–H and O–H groups in total. The molecule has 6 heteroatoms. The Bertz CT molecular complexity index is 1380. The van der Waals surface area contributed by atoms with E-state index >= 15 is 0 Å². The molecule has 0 saturated carbocycles. The van der Waals surface area contributed by atoms with E-state index in [-0.39, 0.29) is 18.1 Å². The first-order valence-electron chi connectivity index (χ1n) is 11.5. The molecule has 0 aliphatic rings. The van der Waals surface area contributed by atoms with Crippen molar-refractivity contribution in [2.75, 3.05) is 13.2 Å². The van der Waals surface area contributed by atoms with Crippen LogP contribution in [0.4, 0.5) is 0 Å². The predicted octanol–water partition coefficient (Wildman–Crippen LogP) is 4.99. The highest BCUT2D eigenvalue weighted by molar-refractivity contribution is 5.79. The quantitative estimate of drug-likeness (QED) is 0.394. The van der Waals surface area contributed by atoms with E-state index in [0.29, 0.717) is 29.0 Å².